The summed E-state index contributed by atoms with van der Waals surface area (Å²) in [5.74, 6) is -1.11. The summed E-state index contributed by atoms with van der Waals surface area (Å²) in [7, 11) is 0. The fourth-order valence-corrected chi connectivity index (χ4v) is 0.745. The van der Waals surface area contributed by atoms with Gasteiger partial charge in [-0.25, -0.2) is 9.78 Å². The molecule has 0 saturated heterocycles. The first-order valence-electron chi connectivity index (χ1n) is 3.58. The molecule has 1 rings (SSSR count). The van der Waals surface area contributed by atoms with Gasteiger partial charge in [-0.15, -0.1) is 0 Å². The summed E-state index contributed by atoms with van der Waals surface area (Å²) >= 11 is 1.35. The molecule has 3 N–H and O–H groups in total. The van der Waals surface area contributed by atoms with Crippen molar-refractivity contribution < 1.29 is 24.7 Å². The molecule has 0 aliphatic rings. The number of nitrogens with zero attached hydrogens (tertiary/aromatic N) is 1. The molecular weight excluding hydrogens is 329 g/mol. The predicted octanol–water partition coefficient (Wildman–Crippen LogP) is 0.248. The number of carbonyl (C=O) groups is 1. The summed E-state index contributed by atoms with van der Waals surface area (Å²) in [5, 5.41) is 8.58. The fourth-order valence-electron chi connectivity index (χ4n) is 0.543. The number of hydrogen-bond donors (Lipinski definition) is 3. The Morgan fingerprint density at radius 2 is 2.00 bits per heavy atom. The number of hydrogen-bond acceptors (Lipinski definition) is 3. The fraction of sp³-hybridized carbons (Fsp3) is 0.143. The SMILES string of the molecule is C[As](=O)(O)O.O=C(O)c1ncccc1Cl.[Ca+2].[H-].[H-]. The van der Waals surface area contributed by atoms with E-state index in [2.05, 4.69) is 4.98 Å². The van der Waals surface area contributed by atoms with E-state index in [1.54, 1.807) is 6.07 Å². The molecule has 0 aliphatic heterocycles. The zero-order chi connectivity index (χ0) is 12.1. The van der Waals surface area contributed by atoms with Crippen LogP contribution in [0.1, 0.15) is 13.3 Å². The van der Waals surface area contributed by atoms with Gasteiger partial charge in [0.25, 0.3) is 0 Å². The minimum Gasteiger partial charge on any atom is -1.00 e. The van der Waals surface area contributed by atoms with Gasteiger partial charge in [-0.1, -0.05) is 11.6 Å². The molecule has 88 valence electrons. The molecule has 16 heavy (non-hydrogen) atoms. The van der Waals surface area contributed by atoms with Crippen LogP contribution in [0, 0.1) is 0 Å². The van der Waals surface area contributed by atoms with E-state index in [4.69, 9.17) is 24.9 Å². The van der Waals surface area contributed by atoms with E-state index in [1.165, 1.54) is 12.3 Å². The summed E-state index contributed by atoms with van der Waals surface area (Å²) < 4.78 is 24.8. The molecule has 0 atom stereocenters. The first-order chi connectivity index (χ1) is 6.72. The third-order valence-electron chi connectivity index (χ3n) is 0.961. The molecule has 0 fully saturated rings. The second-order valence-electron chi connectivity index (χ2n) is 2.47. The number of rotatable bonds is 1. The molecule has 9 heteroatoms. The Morgan fingerprint density at radius 1 is 1.56 bits per heavy atom. The van der Waals surface area contributed by atoms with Gasteiger partial charge >= 0.3 is 75.5 Å². The predicted molar refractivity (Wildman–Crippen MR) is 60.9 cm³/mol. The van der Waals surface area contributed by atoms with E-state index in [9.17, 15) is 8.53 Å². The smallest absolute Gasteiger partial charge is 1.00 e. The van der Waals surface area contributed by atoms with Gasteiger partial charge in [-0.3, -0.25) is 0 Å². The first-order valence-corrected chi connectivity index (χ1v) is 8.28. The van der Waals surface area contributed by atoms with Crippen LogP contribution in [0.3, 0.4) is 0 Å². The quantitative estimate of drug-likeness (QED) is 0.633. The van der Waals surface area contributed by atoms with Crippen molar-refractivity contribution in [1.82, 2.24) is 4.98 Å². The molecule has 1 aromatic rings. The number of aromatic nitrogens is 1. The average molecular weight is 340 g/mol. The van der Waals surface area contributed by atoms with Gasteiger partial charge in [0.15, 0.2) is 5.69 Å². The maximum atomic E-state index is 10.3. The monoisotopic (exact) mass is 339 g/mol. The molecule has 6 nitrogen and oxygen atoms in total. The van der Waals surface area contributed by atoms with Crippen molar-refractivity contribution >= 4 is 69.5 Å². The third kappa shape index (κ3) is 10.9. The largest absolute Gasteiger partial charge is 2.00 e. The number of carboxylic acids is 1. The van der Waals surface area contributed by atoms with Gasteiger partial charge in [0.2, 0.25) is 0 Å². The van der Waals surface area contributed by atoms with Gasteiger partial charge in [0.05, 0.1) is 5.02 Å². The van der Waals surface area contributed by atoms with Crippen molar-refractivity contribution in [2.45, 2.75) is 5.71 Å². The summed E-state index contributed by atoms with van der Waals surface area (Å²) in [6.45, 7) is 0. The molecule has 0 aromatic carbocycles. The summed E-state index contributed by atoms with van der Waals surface area (Å²) in [5.41, 5.74) is 0.808. The maximum absolute atomic E-state index is 10.3. The minimum absolute atomic E-state index is 0. The van der Waals surface area contributed by atoms with Gasteiger partial charge in [0, 0.05) is 6.20 Å². The molecule has 0 spiro atoms. The van der Waals surface area contributed by atoms with Crippen LogP contribution in [0.15, 0.2) is 18.3 Å². The molecule has 0 radical (unpaired) electrons. The van der Waals surface area contributed by atoms with Crippen LogP contribution in [0.25, 0.3) is 0 Å². The van der Waals surface area contributed by atoms with E-state index in [1.807, 2.05) is 0 Å². The van der Waals surface area contributed by atoms with Crippen molar-refractivity contribution in [3.8, 4) is 0 Å². The van der Waals surface area contributed by atoms with Crippen LogP contribution in [0.2, 0.25) is 10.7 Å². The van der Waals surface area contributed by atoms with Crippen LogP contribution >= 0.6 is 11.6 Å². The van der Waals surface area contributed by atoms with E-state index in [-0.39, 0.29) is 51.3 Å². The number of carboxylic acid groups (broad SMARTS) is 1. The van der Waals surface area contributed by atoms with Crippen LogP contribution in [-0.2, 0) is 3.74 Å². The number of halogens is 1. The van der Waals surface area contributed by atoms with Crippen molar-refractivity contribution in [2.75, 3.05) is 0 Å². The molecule has 0 unspecified atom stereocenters. The van der Waals surface area contributed by atoms with Crippen molar-refractivity contribution in [2.24, 2.45) is 0 Å². The first kappa shape index (κ1) is 18.8. The molecule has 0 saturated carbocycles. The summed E-state index contributed by atoms with van der Waals surface area (Å²) in [4.78, 5) is 13.8. The van der Waals surface area contributed by atoms with Crippen molar-refractivity contribution in [3.05, 3.63) is 29.0 Å². The molecule has 0 bridgehead atoms. The Bertz CT molecular complexity index is 397. The molecule has 0 amide bonds. The van der Waals surface area contributed by atoms with Crippen molar-refractivity contribution in [1.29, 1.82) is 0 Å². The molecule has 1 heterocycles. The molecule has 0 aliphatic carbocycles. The Morgan fingerprint density at radius 3 is 2.25 bits per heavy atom. The van der Waals surface area contributed by atoms with Gasteiger partial charge in [-0.2, -0.15) is 0 Å². The zero-order valence-corrected chi connectivity index (χ0v) is 13.2. The standard InChI is InChI=1S/C6H4ClNO2.CH5AsO3.Ca.2H/c7-4-2-1-3-8-5(4)6(9)10;1-2(3,4)5;;;/h1-3H,(H,9,10);1H3,(H2,3,4,5);;;/q;;+2;2*-1. The van der Waals surface area contributed by atoms with E-state index < -0.39 is 20.1 Å². The normalized spacial score (nSPS) is 9.50. The van der Waals surface area contributed by atoms with Crippen LogP contribution in [-0.4, -0.2) is 76.2 Å². The zero-order valence-electron chi connectivity index (χ0n) is 10.4. The van der Waals surface area contributed by atoms with Crippen molar-refractivity contribution in [3.63, 3.8) is 0 Å². The molecule has 1 aromatic heterocycles. The topological polar surface area (TPSA) is 108 Å². The average Bonchev–Trinajstić information content (AvgIpc) is 2.01. The van der Waals surface area contributed by atoms with Gasteiger partial charge in [-0.05, 0) is 12.1 Å². The van der Waals surface area contributed by atoms with E-state index in [0.717, 1.165) is 5.71 Å². The second kappa shape index (κ2) is 8.53. The third-order valence-corrected chi connectivity index (χ3v) is 1.27. The van der Waals surface area contributed by atoms with E-state index in [0.29, 0.717) is 0 Å². The van der Waals surface area contributed by atoms with Gasteiger partial charge < -0.3 is 7.96 Å². The van der Waals surface area contributed by atoms with Crippen LogP contribution in [0.4, 0.5) is 0 Å². The Balaban J connectivity index is -0.000000109. The molecular formula is C7H11AsCaClNO5. The Labute approximate surface area is 133 Å². The number of pyridine rings is 1. The minimum atomic E-state index is -4.12. The maximum Gasteiger partial charge on any atom is 2.00 e. The van der Waals surface area contributed by atoms with E-state index >= 15 is 0 Å². The van der Waals surface area contributed by atoms with Crippen LogP contribution in [0.5, 0.6) is 0 Å². The Kier molecular flexibility index (Phi) is 10.0. The van der Waals surface area contributed by atoms with Crippen LogP contribution < -0.4 is 0 Å². The number of aromatic carboxylic acids is 1. The summed E-state index contributed by atoms with van der Waals surface area (Å²) in [6, 6.07) is 3.06. The second-order valence-corrected chi connectivity index (χ2v) is 6.39. The summed E-state index contributed by atoms with van der Waals surface area (Å²) in [6.07, 6.45) is 1.38. The van der Waals surface area contributed by atoms with Gasteiger partial charge in [0.1, 0.15) is 0 Å². The Hall–Kier alpha value is 0.448.